The zero-order valence-corrected chi connectivity index (χ0v) is 15.6. The van der Waals surface area contributed by atoms with E-state index in [0.29, 0.717) is 10.6 Å². The van der Waals surface area contributed by atoms with Crippen LogP contribution in [-0.2, 0) is 16.8 Å². The Morgan fingerprint density at radius 2 is 2.11 bits per heavy atom. The summed E-state index contributed by atoms with van der Waals surface area (Å²) in [6.07, 6.45) is 1.45. The van der Waals surface area contributed by atoms with Gasteiger partial charge in [0, 0.05) is 25.2 Å². The van der Waals surface area contributed by atoms with Crippen LogP contribution in [0.4, 0.5) is 4.39 Å². The summed E-state index contributed by atoms with van der Waals surface area (Å²) in [7, 11) is 1.58. The number of amidine groups is 1. The highest BCUT2D eigenvalue weighted by atomic mass is 35.5. The van der Waals surface area contributed by atoms with Gasteiger partial charge in [-0.1, -0.05) is 17.7 Å². The molecule has 1 amide bonds. The summed E-state index contributed by atoms with van der Waals surface area (Å²) < 4.78 is 14.5. The maximum absolute atomic E-state index is 14.5. The predicted molar refractivity (Wildman–Crippen MR) is 100 cm³/mol. The minimum Gasteiger partial charge on any atom is -0.379 e. The zero-order chi connectivity index (χ0) is 19.8. The molecule has 6 nitrogen and oxygen atoms in total. The number of benzene rings is 1. The first-order valence-corrected chi connectivity index (χ1v) is 8.62. The first kappa shape index (κ1) is 19.0. The molecule has 2 heterocycles. The van der Waals surface area contributed by atoms with Crippen molar-refractivity contribution in [2.24, 2.45) is 10.7 Å². The molecule has 0 saturated carbocycles. The van der Waals surface area contributed by atoms with Crippen molar-refractivity contribution >= 4 is 29.1 Å². The van der Waals surface area contributed by atoms with Crippen molar-refractivity contribution in [1.29, 1.82) is 0 Å². The van der Waals surface area contributed by atoms with Crippen molar-refractivity contribution < 1.29 is 14.0 Å². The third-order valence-corrected chi connectivity index (χ3v) is 4.69. The number of nitrogens with zero attached hydrogens (tertiary/aromatic N) is 3. The number of rotatable bonds is 4. The van der Waals surface area contributed by atoms with Crippen LogP contribution in [0, 0.1) is 5.82 Å². The maximum Gasteiger partial charge on any atom is 0.288 e. The van der Waals surface area contributed by atoms with Gasteiger partial charge in [-0.25, -0.2) is 4.39 Å². The highest BCUT2D eigenvalue weighted by molar-refractivity contribution is 6.37. The summed E-state index contributed by atoms with van der Waals surface area (Å²) in [5, 5.41) is 0.440. The van der Waals surface area contributed by atoms with E-state index < -0.39 is 17.3 Å². The highest BCUT2D eigenvalue weighted by Gasteiger charge is 2.37. The molecule has 140 valence electrons. The first-order chi connectivity index (χ1) is 12.7. The number of halogens is 2. The summed E-state index contributed by atoms with van der Waals surface area (Å²) >= 11 is 5.78. The Kier molecular flexibility index (Phi) is 4.97. The largest absolute Gasteiger partial charge is 0.379 e. The summed E-state index contributed by atoms with van der Waals surface area (Å²) in [6.45, 7) is 1.88. The predicted octanol–water partition coefficient (Wildman–Crippen LogP) is 2.34. The molecule has 0 saturated heterocycles. The van der Waals surface area contributed by atoms with Crippen LogP contribution in [0.5, 0.6) is 0 Å². The number of amides is 1. The van der Waals surface area contributed by atoms with E-state index in [1.165, 1.54) is 17.2 Å². The van der Waals surface area contributed by atoms with E-state index in [4.69, 9.17) is 17.3 Å². The van der Waals surface area contributed by atoms with Gasteiger partial charge in [0.25, 0.3) is 5.91 Å². The Hall–Kier alpha value is -2.80. The molecule has 0 aliphatic carbocycles. The highest BCUT2D eigenvalue weighted by Crippen LogP contribution is 2.32. The fraction of sp³-hybridized carbons (Fsp3) is 0.263. The fourth-order valence-corrected chi connectivity index (χ4v) is 3.25. The molecule has 1 unspecified atom stereocenters. The van der Waals surface area contributed by atoms with Gasteiger partial charge in [-0.15, -0.1) is 0 Å². The lowest BCUT2D eigenvalue weighted by Crippen LogP contribution is -2.50. The molecule has 1 aromatic carbocycles. The van der Waals surface area contributed by atoms with Crippen LogP contribution in [0.1, 0.15) is 28.5 Å². The van der Waals surface area contributed by atoms with E-state index in [1.807, 2.05) is 0 Å². The second kappa shape index (κ2) is 7.08. The molecule has 1 aromatic heterocycles. The molecule has 27 heavy (non-hydrogen) atoms. The average molecular weight is 389 g/mol. The molecule has 0 fully saturated rings. The van der Waals surface area contributed by atoms with Crippen molar-refractivity contribution in [2.75, 3.05) is 13.6 Å². The van der Waals surface area contributed by atoms with Gasteiger partial charge in [0.2, 0.25) is 0 Å². The molecular formula is C19H18ClFN4O2. The average Bonchev–Trinajstić information content (AvgIpc) is 2.61. The quantitative estimate of drug-likeness (QED) is 0.814. The van der Waals surface area contributed by atoms with Crippen LogP contribution in [0.3, 0.4) is 0 Å². The molecule has 1 aliphatic heterocycles. The number of pyridine rings is 1. The van der Waals surface area contributed by atoms with E-state index >= 15 is 0 Å². The van der Waals surface area contributed by atoms with Gasteiger partial charge in [0.05, 0.1) is 11.6 Å². The van der Waals surface area contributed by atoms with Crippen LogP contribution in [0.15, 0.2) is 41.5 Å². The molecule has 0 radical (unpaired) electrons. The monoisotopic (exact) mass is 388 g/mol. The number of aliphatic imine (C=N–C) groups is 1. The van der Waals surface area contributed by atoms with Crippen LogP contribution >= 0.6 is 11.6 Å². The van der Waals surface area contributed by atoms with Crippen LogP contribution in [0.25, 0.3) is 0 Å². The molecule has 1 aliphatic rings. The SMILES string of the molecule is CN1CC(C)(c2cc(CC(=O)c3ccc(Cl)cn3)ccc2F)N=C(N)C1=O. The van der Waals surface area contributed by atoms with Crippen molar-refractivity contribution in [3.05, 3.63) is 64.2 Å². The minimum atomic E-state index is -1.03. The Labute approximate surface area is 160 Å². The number of Topliss-reactive ketones (excluding diaryl/α,β-unsaturated/α-hetero) is 1. The lowest BCUT2D eigenvalue weighted by molar-refractivity contribution is -0.124. The third kappa shape index (κ3) is 3.83. The summed E-state index contributed by atoms with van der Waals surface area (Å²) in [6, 6.07) is 7.55. The maximum atomic E-state index is 14.5. The van der Waals surface area contributed by atoms with E-state index in [1.54, 1.807) is 38.2 Å². The van der Waals surface area contributed by atoms with E-state index in [-0.39, 0.29) is 35.8 Å². The zero-order valence-electron chi connectivity index (χ0n) is 14.9. The van der Waals surface area contributed by atoms with E-state index in [9.17, 15) is 14.0 Å². The lowest BCUT2D eigenvalue weighted by Gasteiger charge is -2.35. The number of carbonyl (C=O) groups excluding carboxylic acids is 2. The van der Waals surface area contributed by atoms with Gasteiger partial charge in [-0.05, 0) is 36.8 Å². The van der Waals surface area contributed by atoms with Gasteiger partial charge in [-0.3, -0.25) is 19.6 Å². The number of ketones is 1. The topological polar surface area (TPSA) is 88.7 Å². The Balaban J connectivity index is 1.92. The van der Waals surface area contributed by atoms with Gasteiger partial charge in [0.1, 0.15) is 17.1 Å². The lowest BCUT2D eigenvalue weighted by atomic mass is 9.88. The molecular weight excluding hydrogens is 371 g/mol. The van der Waals surface area contributed by atoms with E-state index in [2.05, 4.69) is 9.98 Å². The molecule has 8 heteroatoms. The van der Waals surface area contributed by atoms with Crippen LogP contribution < -0.4 is 5.73 Å². The van der Waals surface area contributed by atoms with Crippen molar-refractivity contribution in [3.8, 4) is 0 Å². The number of hydrogen-bond donors (Lipinski definition) is 1. The van der Waals surface area contributed by atoms with Gasteiger partial charge in [-0.2, -0.15) is 0 Å². The van der Waals surface area contributed by atoms with Crippen LogP contribution in [0.2, 0.25) is 5.02 Å². The molecule has 2 N–H and O–H groups in total. The van der Waals surface area contributed by atoms with E-state index in [0.717, 1.165) is 0 Å². The molecule has 2 aromatic rings. The second-order valence-electron chi connectivity index (χ2n) is 6.71. The van der Waals surface area contributed by atoms with Gasteiger partial charge < -0.3 is 10.6 Å². The van der Waals surface area contributed by atoms with Gasteiger partial charge in [0.15, 0.2) is 11.6 Å². The standard InChI is InChI=1S/C19H18ClFN4O2/c1-19(10-25(2)18(27)17(22)24-19)13-7-11(3-5-14(13)21)8-16(26)15-6-4-12(20)9-23-15/h3-7,9H,8,10H2,1-2H3,(H2,22,24). The minimum absolute atomic E-state index is 0.0476. The summed E-state index contributed by atoms with van der Waals surface area (Å²) in [5.41, 5.74) is 5.84. The Morgan fingerprint density at radius 1 is 1.37 bits per heavy atom. The normalized spacial score (nSPS) is 19.8. The van der Waals surface area contributed by atoms with Gasteiger partial charge >= 0.3 is 0 Å². The number of aromatic nitrogens is 1. The Bertz CT molecular complexity index is 945. The number of likely N-dealkylation sites (N-methyl/N-ethyl adjacent to an activating group) is 1. The summed E-state index contributed by atoms with van der Waals surface area (Å²) in [4.78, 5) is 33.9. The number of nitrogens with two attached hydrogens (primary N) is 1. The molecule has 0 spiro atoms. The second-order valence-corrected chi connectivity index (χ2v) is 7.14. The molecule has 0 bridgehead atoms. The molecule has 3 rings (SSSR count). The smallest absolute Gasteiger partial charge is 0.288 e. The van der Waals surface area contributed by atoms with Crippen molar-refractivity contribution in [1.82, 2.24) is 9.88 Å². The van der Waals surface area contributed by atoms with Crippen LogP contribution in [-0.4, -0.2) is 41.0 Å². The number of carbonyl (C=O) groups is 2. The number of hydrogen-bond acceptors (Lipinski definition) is 5. The fourth-order valence-electron chi connectivity index (χ4n) is 3.14. The van der Waals surface area contributed by atoms with Crippen molar-refractivity contribution in [3.63, 3.8) is 0 Å². The molecule has 1 atom stereocenters. The summed E-state index contributed by atoms with van der Waals surface area (Å²) in [5.74, 6) is -1.25. The third-order valence-electron chi connectivity index (χ3n) is 4.47. The van der Waals surface area contributed by atoms with Crippen molar-refractivity contribution in [2.45, 2.75) is 18.9 Å². The Morgan fingerprint density at radius 3 is 2.74 bits per heavy atom. The first-order valence-electron chi connectivity index (χ1n) is 8.24.